The van der Waals surface area contributed by atoms with Gasteiger partial charge in [-0.15, -0.1) is 0 Å². The van der Waals surface area contributed by atoms with Crippen LogP contribution >= 0.6 is 0 Å². The van der Waals surface area contributed by atoms with E-state index in [-0.39, 0.29) is 12.6 Å². The third kappa shape index (κ3) is 2.14. The average molecular weight is 299 g/mol. The minimum atomic E-state index is -2.14. The summed E-state index contributed by atoms with van der Waals surface area (Å²) < 4.78 is 66.7. The van der Waals surface area contributed by atoms with Crippen LogP contribution in [0.25, 0.3) is 0 Å². The summed E-state index contributed by atoms with van der Waals surface area (Å²) in [6.45, 7) is 2.10. The highest BCUT2D eigenvalue weighted by Gasteiger charge is 2.41. The van der Waals surface area contributed by atoms with E-state index >= 15 is 0 Å². The highest BCUT2D eigenvalue weighted by atomic mass is 19.2. The van der Waals surface area contributed by atoms with E-state index in [0.29, 0.717) is 0 Å². The SMILES string of the molecule is Cc1ccc([C@H]2CN2c2c(F)c(F)c(F)c(F)c2F)cc1. The van der Waals surface area contributed by atoms with Crippen molar-refractivity contribution in [2.45, 2.75) is 13.0 Å². The van der Waals surface area contributed by atoms with Crippen molar-refractivity contribution in [3.63, 3.8) is 0 Å². The number of hydrogen-bond acceptors (Lipinski definition) is 1. The molecule has 1 atom stereocenters. The summed E-state index contributed by atoms with van der Waals surface area (Å²) in [5.74, 6) is -9.55. The minimum Gasteiger partial charge on any atom is -0.355 e. The second-order valence-corrected chi connectivity index (χ2v) is 5.00. The van der Waals surface area contributed by atoms with Gasteiger partial charge in [-0.05, 0) is 12.5 Å². The van der Waals surface area contributed by atoms with Gasteiger partial charge in [-0.1, -0.05) is 29.8 Å². The quantitative estimate of drug-likeness (QED) is 0.347. The molecule has 0 radical (unpaired) electrons. The van der Waals surface area contributed by atoms with Gasteiger partial charge in [0.05, 0.1) is 6.04 Å². The van der Waals surface area contributed by atoms with E-state index in [1.54, 1.807) is 12.1 Å². The van der Waals surface area contributed by atoms with Crippen molar-refractivity contribution in [2.24, 2.45) is 0 Å². The minimum absolute atomic E-state index is 0.210. The van der Waals surface area contributed by atoms with Gasteiger partial charge < -0.3 is 4.90 Å². The lowest BCUT2D eigenvalue weighted by Gasteiger charge is -2.11. The van der Waals surface area contributed by atoms with Gasteiger partial charge in [-0.3, -0.25) is 0 Å². The van der Waals surface area contributed by atoms with Gasteiger partial charge in [0.1, 0.15) is 5.69 Å². The van der Waals surface area contributed by atoms with E-state index in [0.717, 1.165) is 16.0 Å². The Labute approximate surface area is 117 Å². The Balaban J connectivity index is 1.99. The van der Waals surface area contributed by atoms with Crippen molar-refractivity contribution in [1.82, 2.24) is 0 Å². The van der Waals surface area contributed by atoms with Crippen molar-refractivity contribution in [1.29, 1.82) is 0 Å². The molecule has 21 heavy (non-hydrogen) atoms. The predicted molar refractivity (Wildman–Crippen MR) is 67.5 cm³/mol. The van der Waals surface area contributed by atoms with Gasteiger partial charge >= 0.3 is 0 Å². The van der Waals surface area contributed by atoms with Gasteiger partial charge in [0, 0.05) is 6.54 Å². The zero-order valence-electron chi connectivity index (χ0n) is 10.9. The Morgan fingerprint density at radius 3 is 1.81 bits per heavy atom. The van der Waals surface area contributed by atoms with Crippen LogP contribution in [0.4, 0.5) is 27.6 Å². The van der Waals surface area contributed by atoms with Crippen molar-refractivity contribution in [2.75, 3.05) is 11.4 Å². The van der Waals surface area contributed by atoms with E-state index in [2.05, 4.69) is 0 Å². The Morgan fingerprint density at radius 1 is 0.810 bits per heavy atom. The smallest absolute Gasteiger partial charge is 0.200 e. The molecular weight excluding hydrogens is 289 g/mol. The molecule has 0 aliphatic carbocycles. The Kier molecular flexibility index (Phi) is 3.11. The molecule has 3 rings (SSSR count). The van der Waals surface area contributed by atoms with Gasteiger partial charge in [0.25, 0.3) is 0 Å². The third-order valence-corrected chi connectivity index (χ3v) is 3.55. The molecule has 0 saturated carbocycles. The molecule has 0 N–H and O–H groups in total. The first-order valence-corrected chi connectivity index (χ1v) is 6.26. The maximum atomic E-state index is 13.7. The standard InChI is InChI=1S/C15H10F5N/c1-7-2-4-8(5-3-7)9-6-21(9)15-13(19)11(17)10(16)12(18)14(15)20/h2-5,9H,6H2,1H3/t9-,21?/m1/s1. The lowest BCUT2D eigenvalue weighted by Crippen LogP contribution is -2.08. The van der Waals surface area contributed by atoms with Crippen LogP contribution in [0.5, 0.6) is 0 Å². The molecule has 2 aromatic rings. The molecule has 0 amide bonds. The van der Waals surface area contributed by atoms with Crippen molar-refractivity contribution in [3.8, 4) is 0 Å². The summed E-state index contributed by atoms with van der Waals surface area (Å²) in [5.41, 5.74) is 0.920. The van der Waals surface area contributed by atoms with Gasteiger partial charge in [-0.25, -0.2) is 22.0 Å². The Bertz CT molecular complexity index is 682. The maximum Gasteiger partial charge on any atom is 0.200 e. The number of anilines is 1. The zero-order valence-corrected chi connectivity index (χ0v) is 10.9. The molecule has 2 aromatic carbocycles. The van der Waals surface area contributed by atoms with Crippen LogP contribution in [0.1, 0.15) is 17.2 Å². The number of halogens is 5. The van der Waals surface area contributed by atoms with Crippen molar-refractivity contribution in [3.05, 3.63) is 64.5 Å². The van der Waals surface area contributed by atoms with Crippen LogP contribution in [0.3, 0.4) is 0 Å². The normalized spacial score (nSPS) is 17.2. The topological polar surface area (TPSA) is 3.01 Å². The molecule has 1 saturated heterocycles. The first-order chi connectivity index (χ1) is 9.91. The molecule has 0 aromatic heterocycles. The van der Waals surface area contributed by atoms with Crippen LogP contribution in [-0.2, 0) is 0 Å². The second kappa shape index (κ2) is 4.72. The van der Waals surface area contributed by atoms with E-state index < -0.39 is 34.8 Å². The molecule has 1 fully saturated rings. The number of aryl methyl sites for hydroxylation is 1. The first kappa shape index (κ1) is 13.9. The fraction of sp³-hybridized carbons (Fsp3) is 0.200. The average Bonchev–Trinajstić information content (AvgIpc) is 3.24. The lowest BCUT2D eigenvalue weighted by molar-refractivity contribution is 0.380. The van der Waals surface area contributed by atoms with Crippen LogP contribution in [0, 0.1) is 36.0 Å². The third-order valence-electron chi connectivity index (χ3n) is 3.55. The largest absolute Gasteiger partial charge is 0.355 e. The van der Waals surface area contributed by atoms with Crippen LogP contribution < -0.4 is 4.90 Å². The summed E-state index contributed by atoms with van der Waals surface area (Å²) in [6, 6.07) is 6.81. The summed E-state index contributed by atoms with van der Waals surface area (Å²) >= 11 is 0. The number of hydrogen-bond donors (Lipinski definition) is 0. The Hall–Kier alpha value is -2.11. The molecule has 1 aliphatic rings. The number of rotatable bonds is 2. The highest BCUT2D eigenvalue weighted by Crippen LogP contribution is 2.43. The molecule has 0 unspecified atom stereocenters. The summed E-state index contributed by atoms with van der Waals surface area (Å²) in [5, 5.41) is 0. The molecule has 1 aliphatic heterocycles. The monoisotopic (exact) mass is 299 g/mol. The number of nitrogens with zero attached hydrogens (tertiary/aromatic N) is 1. The molecular formula is C15H10F5N. The zero-order chi connectivity index (χ0) is 15.3. The predicted octanol–water partition coefficient (Wildman–Crippen LogP) is 4.25. The summed E-state index contributed by atoms with van der Waals surface area (Å²) in [4.78, 5) is 1.15. The first-order valence-electron chi connectivity index (χ1n) is 6.26. The van der Waals surface area contributed by atoms with E-state index in [9.17, 15) is 22.0 Å². The molecule has 0 bridgehead atoms. The van der Waals surface area contributed by atoms with Crippen molar-refractivity contribution < 1.29 is 22.0 Å². The van der Waals surface area contributed by atoms with Crippen LogP contribution in [0.2, 0.25) is 0 Å². The highest BCUT2D eigenvalue weighted by molar-refractivity contribution is 5.59. The Morgan fingerprint density at radius 2 is 1.29 bits per heavy atom. The fourth-order valence-electron chi connectivity index (χ4n) is 2.31. The lowest BCUT2D eigenvalue weighted by atomic mass is 10.1. The van der Waals surface area contributed by atoms with Crippen LogP contribution in [0.15, 0.2) is 24.3 Å². The molecule has 6 heteroatoms. The molecule has 1 heterocycles. The van der Waals surface area contributed by atoms with E-state index in [1.807, 2.05) is 19.1 Å². The van der Waals surface area contributed by atoms with Crippen LogP contribution in [-0.4, -0.2) is 6.54 Å². The van der Waals surface area contributed by atoms with Crippen molar-refractivity contribution >= 4 is 5.69 Å². The maximum absolute atomic E-state index is 13.7. The van der Waals surface area contributed by atoms with E-state index in [1.165, 1.54) is 0 Å². The molecule has 0 spiro atoms. The van der Waals surface area contributed by atoms with E-state index in [4.69, 9.17) is 0 Å². The van der Waals surface area contributed by atoms with Gasteiger partial charge in [0.15, 0.2) is 23.3 Å². The summed E-state index contributed by atoms with van der Waals surface area (Å²) in [7, 11) is 0. The number of benzene rings is 2. The van der Waals surface area contributed by atoms with Gasteiger partial charge in [0.2, 0.25) is 5.82 Å². The van der Waals surface area contributed by atoms with Gasteiger partial charge in [-0.2, -0.15) is 0 Å². The molecule has 1 nitrogen and oxygen atoms in total. The second-order valence-electron chi connectivity index (χ2n) is 5.00. The molecule has 110 valence electrons. The fourth-order valence-corrected chi connectivity index (χ4v) is 2.31. The summed E-state index contributed by atoms with van der Waals surface area (Å²) in [6.07, 6.45) is 0.